The van der Waals surface area contributed by atoms with E-state index in [1.807, 2.05) is 0 Å². The zero-order valence-electron chi connectivity index (χ0n) is 11.9. The van der Waals surface area contributed by atoms with Crippen LogP contribution in [0.3, 0.4) is 0 Å². The van der Waals surface area contributed by atoms with Gasteiger partial charge < -0.3 is 4.74 Å². The lowest BCUT2D eigenvalue weighted by atomic mass is 10.1. The molecule has 0 N–H and O–H groups in total. The van der Waals surface area contributed by atoms with Crippen molar-refractivity contribution in [2.45, 2.75) is 26.8 Å². The summed E-state index contributed by atoms with van der Waals surface area (Å²) in [5, 5.41) is 4.17. The zero-order valence-corrected chi connectivity index (χ0v) is 12.7. The summed E-state index contributed by atoms with van der Waals surface area (Å²) in [4.78, 5) is 11.9. The number of carbonyl (C=O) groups is 1. The number of aromatic nitrogens is 2. The van der Waals surface area contributed by atoms with Crippen LogP contribution in [0.2, 0.25) is 0 Å². The highest BCUT2D eigenvalue weighted by molar-refractivity contribution is 7.89. The maximum Gasteiger partial charge on any atom is 0.359 e. The summed E-state index contributed by atoms with van der Waals surface area (Å²) in [6.45, 7) is 4.21. The van der Waals surface area contributed by atoms with Crippen LogP contribution in [-0.2, 0) is 34.8 Å². The van der Waals surface area contributed by atoms with Crippen LogP contribution in [0.4, 0.5) is 0 Å². The number of ether oxygens (including phenoxy) is 1. The highest BCUT2D eigenvalue weighted by Gasteiger charge is 2.32. The van der Waals surface area contributed by atoms with Gasteiger partial charge in [-0.1, -0.05) is 0 Å². The highest BCUT2D eigenvalue weighted by Crippen LogP contribution is 2.24. The first kappa shape index (κ1) is 15.0. The summed E-state index contributed by atoms with van der Waals surface area (Å²) in [5.41, 5.74) is 1.78. The molecule has 1 aliphatic rings. The van der Waals surface area contributed by atoms with Crippen molar-refractivity contribution in [2.24, 2.45) is 7.05 Å². The number of hydrogen-bond acceptors (Lipinski definition) is 5. The SMILES string of the molecule is CCOC(=O)c1nn(C)c2c1CN(S(=O)(=O)CC)CC2. The quantitative estimate of drug-likeness (QED) is 0.747. The minimum absolute atomic E-state index is 0.0529. The van der Waals surface area contributed by atoms with Crippen molar-refractivity contribution < 1.29 is 17.9 Å². The van der Waals surface area contributed by atoms with Crippen LogP contribution in [0.25, 0.3) is 0 Å². The molecule has 0 atom stereocenters. The third-order valence-electron chi connectivity index (χ3n) is 3.43. The first-order chi connectivity index (χ1) is 9.40. The van der Waals surface area contributed by atoms with Gasteiger partial charge in [0, 0.05) is 37.8 Å². The van der Waals surface area contributed by atoms with Crippen LogP contribution < -0.4 is 0 Å². The first-order valence-electron chi connectivity index (χ1n) is 6.60. The molecule has 0 spiro atoms. The molecular weight excluding hydrogens is 282 g/mol. The number of fused-ring (bicyclic) bond motifs is 1. The van der Waals surface area contributed by atoms with Crippen molar-refractivity contribution in [3.8, 4) is 0 Å². The Kier molecular flexibility index (Phi) is 4.14. The molecule has 0 unspecified atom stereocenters. The molecule has 0 aliphatic carbocycles. The van der Waals surface area contributed by atoms with Crippen molar-refractivity contribution >= 4 is 16.0 Å². The molecule has 8 heteroatoms. The average Bonchev–Trinajstić information content (AvgIpc) is 2.76. The molecule has 1 aromatic rings. The molecular formula is C12H19N3O4S. The largest absolute Gasteiger partial charge is 0.461 e. The molecule has 112 valence electrons. The number of sulfonamides is 1. The number of hydrogen-bond donors (Lipinski definition) is 0. The normalized spacial score (nSPS) is 15.9. The second-order valence-corrected chi connectivity index (χ2v) is 6.86. The summed E-state index contributed by atoms with van der Waals surface area (Å²) in [7, 11) is -1.51. The van der Waals surface area contributed by atoms with E-state index in [9.17, 15) is 13.2 Å². The Labute approximate surface area is 118 Å². The lowest BCUT2D eigenvalue weighted by molar-refractivity contribution is 0.0516. The molecule has 7 nitrogen and oxygen atoms in total. The Morgan fingerprint density at radius 3 is 2.70 bits per heavy atom. The van der Waals surface area contributed by atoms with Crippen LogP contribution >= 0.6 is 0 Å². The first-order valence-corrected chi connectivity index (χ1v) is 8.21. The van der Waals surface area contributed by atoms with E-state index < -0.39 is 16.0 Å². The number of aryl methyl sites for hydroxylation is 1. The fraction of sp³-hybridized carbons (Fsp3) is 0.667. The van der Waals surface area contributed by atoms with Gasteiger partial charge in [0.15, 0.2) is 5.69 Å². The smallest absolute Gasteiger partial charge is 0.359 e. The van der Waals surface area contributed by atoms with Gasteiger partial charge in [-0.15, -0.1) is 0 Å². The minimum Gasteiger partial charge on any atom is -0.461 e. The van der Waals surface area contributed by atoms with E-state index in [4.69, 9.17) is 4.74 Å². The fourth-order valence-corrected chi connectivity index (χ4v) is 3.41. The summed E-state index contributed by atoms with van der Waals surface area (Å²) in [5.74, 6) is -0.447. The maximum absolute atomic E-state index is 12.0. The molecule has 0 saturated carbocycles. The van der Waals surface area contributed by atoms with E-state index in [0.717, 1.165) is 5.69 Å². The Morgan fingerprint density at radius 2 is 2.10 bits per heavy atom. The second kappa shape index (κ2) is 5.53. The molecule has 2 rings (SSSR count). The number of nitrogens with zero attached hydrogens (tertiary/aromatic N) is 3. The zero-order chi connectivity index (χ0) is 14.9. The van der Waals surface area contributed by atoms with Gasteiger partial charge in [0.1, 0.15) is 0 Å². The third kappa shape index (κ3) is 2.57. The Balaban J connectivity index is 2.37. The van der Waals surface area contributed by atoms with Gasteiger partial charge in [0.05, 0.1) is 12.4 Å². The van der Waals surface area contributed by atoms with Crippen molar-refractivity contribution in [3.63, 3.8) is 0 Å². The number of carbonyl (C=O) groups excluding carboxylic acids is 1. The summed E-state index contributed by atoms with van der Waals surface area (Å²) in [6, 6.07) is 0. The topological polar surface area (TPSA) is 81.5 Å². The molecule has 0 aromatic carbocycles. The Bertz CT molecular complexity index is 621. The van der Waals surface area contributed by atoms with Gasteiger partial charge in [0.25, 0.3) is 0 Å². The van der Waals surface area contributed by atoms with E-state index in [2.05, 4.69) is 5.10 Å². The Hall–Kier alpha value is -1.41. The number of esters is 1. The van der Waals surface area contributed by atoms with Crippen molar-refractivity contribution in [1.29, 1.82) is 0 Å². The van der Waals surface area contributed by atoms with E-state index >= 15 is 0 Å². The molecule has 0 saturated heterocycles. The molecule has 0 bridgehead atoms. The Morgan fingerprint density at radius 1 is 1.40 bits per heavy atom. The van der Waals surface area contributed by atoms with Gasteiger partial charge in [0.2, 0.25) is 10.0 Å². The average molecular weight is 301 g/mol. The van der Waals surface area contributed by atoms with Gasteiger partial charge in [-0.05, 0) is 13.8 Å². The number of rotatable bonds is 4. The predicted molar refractivity (Wildman–Crippen MR) is 72.7 cm³/mol. The monoisotopic (exact) mass is 301 g/mol. The lowest BCUT2D eigenvalue weighted by Gasteiger charge is -2.26. The van der Waals surface area contributed by atoms with Crippen molar-refractivity contribution in [3.05, 3.63) is 17.0 Å². The standard InChI is InChI=1S/C12H19N3O4S/c1-4-19-12(16)11-9-8-15(20(17,18)5-2)7-6-10(9)14(3)13-11/h4-8H2,1-3H3. The molecule has 0 fully saturated rings. The van der Waals surface area contributed by atoms with E-state index in [1.54, 1.807) is 25.6 Å². The van der Waals surface area contributed by atoms with Crippen molar-refractivity contribution in [1.82, 2.24) is 14.1 Å². The van der Waals surface area contributed by atoms with Gasteiger partial charge >= 0.3 is 5.97 Å². The molecule has 0 radical (unpaired) electrons. The second-order valence-electron chi connectivity index (χ2n) is 4.60. The van der Waals surface area contributed by atoms with Crippen LogP contribution in [0.15, 0.2) is 0 Å². The van der Waals surface area contributed by atoms with Crippen LogP contribution in [0, 0.1) is 0 Å². The molecule has 1 aromatic heterocycles. The molecule has 2 heterocycles. The third-order valence-corrected chi connectivity index (χ3v) is 5.26. The minimum atomic E-state index is -3.27. The highest BCUT2D eigenvalue weighted by atomic mass is 32.2. The summed E-state index contributed by atoms with van der Waals surface area (Å²) >= 11 is 0. The van der Waals surface area contributed by atoms with Crippen LogP contribution in [0.5, 0.6) is 0 Å². The van der Waals surface area contributed by atoms with E-state index in [-0.39, 0.29) is 24.6 Å². The van der Waals surface area contributed by atoms with Gasteiger partial charge in [-0.3, -0.25) is 4.68 Å². The maximum atomic E-state index is 12.0. The molecule has 20 heavy (non-hydrogen) atoms. The van der Waals surface area contributed by atoms with E-state index in [1.165, 1.54) is 4.31 Å². The van der Waals surface area contributed by atoms with Crippen molar-refractivity contribution in [2.75, 3.05) is 18.9 Å². The van der Waals surface area contributed by atoms with Crippen LogP contribution in [-0.4, -0.2) is 47.4 Å². The van der Waals surface area contributed by atoms with E-state index in [0.29, 0.717) is 18.5 Å². The lowest BCUT2D eigenvalue weighted by Crippen LogP contribution is -2.37. The fourth-order valence-electron chi connectivity index (χ4n) is 2.35. The van der Waals surface area contributed by atoms with Gasteiger partial charge in [-0.2, -0.15) is 9.40 Å². The molecule has 1 aliphatic heterocycles. The summed E-state index contributed by atoms with van der Waals surface area (Å²) < 4.78 is 31.9. The van der Waals surface area contributed by atoms with Gasteiger partial charge in [-0.25, -0.2) is 13.2 Å². The molecule has 0 amide bonds. The predicted octanol–water partition coefficient (Wildman–Crippen LogP) is 0.305. The summed E-state index contributed by atoms with van der Waals surface area (Å²) in [6.07, 6.45) is 0.553. The van der Waals surface area contributed by atoms with Crippen LogP contribution in [0.1, 0.15) is 35.6 Å².